The Bertz CT molecular complexity index is 1550. The molecule has 0 saturated heterocycles. The van der Waals surface area contributed by atoms with E-state index < -0.39 is 57.1 Å². The monoisotopic (exact) mass is 586 g/mol. The predicted octanol–water partition coefficient (Wildman–Crippen LogP) is 6.11. The lowest BCUT2D eigenvalue weighted by Crippen LogP contribution is -2.43. The van der Waals surface area contributed by atoms with Gasteiger partial charge in [-0.05, 0) is 48.4 Å². The number of sulfonamides is 1. The predicted molar refractivity (Wildman–Crippen MR) is 132 cm³/mol. The van der Waals surface area contributed by atoms with E-state index in [0.717, 1.165) is 34.8 Å². The van der Waals surface area contributed by atoms with Gasteiger partial charge in [0.2, 0.25) is 0 Å². The Labute approximate surface area is 224 Å². The van der Waals surface area contributed by atoms with E-state index >= 15 is 0 Å². The number of aliphatic carboxylic acids is 1. The maximum atomic E-state index is 13.6. The number of aromatic nitrogens is 1. The number of nitrogens with zero attached hydrogens (tertiary/aromatic N) is 2. The molecule has 1 aliphatic heterocycles. The summed E-state index contributed by atoms with van der Waals surface area (Å²) in [5, 5.41) is 9.03. The largest absolute Gasteiger partial charge is 0.486 e. The molecule has 1 unspecified atom stereocenters. The van der Waals surface area contributed by atoms with Gasteiger partial charge in [-0.1, -0.05) is 30.4 Å². The molecule has 14 heteroatoms. The van der Waals surface area contributed by atoms with Crippen LogP contribution in [-0.4, -0.2) is 37.1 Å². The normalized spacial score (nSPS) is 16.1. The van der Waals surface area contributed by atoms with Gasteiger partial charge in [0.1, 0.15) is 11.9 Å². The fourth-order valence-electron chi connectivity index (χ4n) is 4.03. The third kappa shape index (κ3) is 6.38. The SMILES string of the molecule is O=C(O)CCC1CN(S(=O)(=O)c2cccc(C(F)(F)F)c2)c2cc(C=Cc3cccnc3C(F)(F)F)ccc2O1. The molecule has 1 N–H and O–H groups in total. The molecule has 1 aliphatic rings. The maximum absolute atomic E-state index is 13.6. The van der Waals surface area contributed by atoms with Crippen LogP contribution in [0.3, 0.4) is 0 Å². The fraction of sp³-hybridized carbons (Fsp3) is 0.231. The number of hydrogen-bond donors (Lipinski definition) is 1. The molecule has 2 heterocycles. The number of alkyl halides is 6. The van der Waals surface area contributed by atoms with Crippen molar-refractivity contribution in [3.63, 3.8) is 0 Å². The van der Waals surface area contributed by atoms with Crippen molar-refractivity contribution in [2.24, 2.45) is 0 Å². The van der Waals surface area contributed by atoms with E-state index in [1.165, 1.54) is 36.4 Å². The number of benzene rings is 2. The molecule has 1 aromatic heterocycles. The van der Waals surface area contributed by atoms with Crippen LogP contribution in [0, 0.1) is 0 Å². The van der Waals surface area contributed by atoms with Gasteiger partial charge < -0.3 is 9.84 Å². The van der Waals surface area contributed by atoms with Crippen LogP contribution >= 0.6 is 0 Å². The lowest BCUT2D eigenvalue weighted by molar-refractivity contribution is -0.141. The van der Waals surface area contributed by atoms with Crippen molar-refractivity contribution in [3.8, 4) is 5.75 Å². The summed E-state index contributed by atoms with van der Waals surface area (Å²) in [5.41, 5.74) is -2.37. The average molecular weight is 587 g/mol. The van der Waals surface area contributed by atoms with Crippen LogP contribution in [0.4, 0.5) is 32.0 Å². The summed E-state index contributed by atoms with van der Waals surface area (Å²) in [6.07, 6.45) is -7.48. The van der Waals surface area contributed by atoms with Crippen molar-refractivity contribution in [2.45, 2.75) is 36.2 Å². The third-order valence-electron chi connectivity index (χ3n) is 5.91. The average Bonchev–Trinajstić information content (AvgIpc) is 2.89. The smallest absolute Gasteiger partial charge is 0.433 e. The van der Waals surface area contributed by atoms with Gasteiger partial charge in [-0.15, -0.1) is 0 Å². The van der Waals surface area contributed by atoms with E-state index in [0.29, 0.717) is 6.07 Å². The lowest BCUT2D eigenvalue weighted by atomic mass is 10.1. The molecule has 0 radical (unpaired) electrons. The number of carboxylic acid groups (broad SMARTS) is 1. The Morgan fingerprint density at radius 3 is 2.45 bits per heavy atom. The van der Waals surface area contributed by atoms with Gasteiger partial charge >= 0.3 is 18.3 Å². The summed E-state index contributed by atoms with van der Waals surface area (Å²) in [4.78, 5) is 13.8. The number of carbonyl (C=O) groups is 1. The van der Waals surface area contributed by atoms with Crippen LogP contribution in [-0.2, 0) is 27.2 Å². The van der Waals surface area contributed by atoms with Gasteiger partial charge in [0.05, 0.1) is 22.7 Å². The quantitative estimate of drug-likeness (QED) is 0.336. The highest BCUT2D eigenvalue weighted by molar-refractivity contribution is 7.92. The number of carboxylic acids is 1. The van der Waals surface area contributed by atoms with E-state index in [1.54, 1.807) is 0 Å². The Morgan fingerprint density at radius 1 is 1.02 bits per heavy atom. The Kier molecular flexibility index (Phi) is 7.83. The van der Waals surface area contributed by atoms with Crippen LogP contribution in [0.1, 0.15) is 35.2 Å². The first-order valence-electron chi connectivity index (χ1n) is 11.6. The van der Waals surface area contributed by atoms with Crippen molar-refractivity contribution >= 4 is 33.8 Å². The molecule has 1 atom stereocenters. The molecule has 0 aliphatic carbocycles. The molecular formula is C26H20F6N2O5S. The van der Waals surface area contributed by atoms with Crippen molar-refractivity contribution < 1.29 is 49.4 Å². The topological polar surface area (TPSA) is 96.8 Å². The minimum Gasteiger partial charge on any atom is -0.486 e. The first-order chi connectivity index (χ1) is 18.7. The van der Waals surface area contributed by atoms with Crippen LogP contribution < -0.4 is 9.04 Å². The number of ether oxygens (including phenoxy) is 1. The zero-order valence-corrected chi connectivity index (χ0v) is 21.1. The minimum absolute atomic E-state index is 0.00620. The van der Waals surface area contributed by atoms with Crippen molar-refractivity contribution in [1.29, 1.82) is 0 Å². The molecule has 2 aromatic carbocycles. The van der Waals surface area contributed by atoms with E-state index in [9.17, 15) is 39.6 Å². The van der Waals surface area contributed by atoms with Crippen LogP contribution in [0.2, 0.25) is 0 Å². The van der Waals surface area contributed by atoms with Crippen LogP contribution in [0.25, 0.3) is 12.2 Å². The molecule has 40 heavy (non-hydrogen) atoms. The molecule has 0 fully saturated rings. The number of hydrogen-bond acceptors (Lipinski definition) is 5. The number of rotatable bonds is 7. The highest BCUT2D eigenvalue weighted by Gasteiger charge is 2.37. The van der Waals surface area contributed by atoms with Crippen LogP contribution in [0.5, 0.6) is 5.75 Å². The summed E-state index contributed by atoms with van der Waals surface area (Å²) in [6, 6.07) is 9.76. The van der Waals surface area contributed by atoms with Gasteiger partial charge in [0.15, 0.2) is 5.69 Å². The molecule has 7 nitrogen and oxygen atoms in total. The molecule has 0 bridgehead atoms. The second-order valence-electron chi connectivity index (χ2n) is 8.73. The Hall–Kier alpha value is -4.07. The first-order valence-corrected chi connectivity index (χ1v) is 13.0. The van der Waals surface area contributed by atoms with Gasteiger partial charge in [-0.25, -0.2) is 8.42 Å². The third-order valence-corrected chi connectivity index (χ3v) is 7.68. The lowest BCUT2D eigenvalue weighted by Gasteiger charge is -2.35. The second-order valence-corrected chi connectivity index (χ2v) is 10.6. The number of pyridine rings is 1. The van der Waals surface area contributed by atoms with Gasteiger partial charge in [0.25, 0.3) is 10.0 Å². The molecule has 0 saturated carbocycles. The Balaban J connectivity index is 1.76. The molecule has 0 spiro atoms. The summed E-state index contributed by atoms with van der Waals surface area (Å²) in [5.74, 6) is -1.15. The number of halogens is 6. The molecule has 3 aromatic rings. The van der Waals surface area contributed by atoms with E-state index in [-0.39, 0.29) is 35.4 Å². The summed E-state index contributed by atoms with van der Waals surface area (Å²) < 4.78 is 114. The summed E-state index contributed by atoms with van der Waals surface area (Å²) >= 11 is 0. The number of anilines is 1. The van der Waals surface area contributed by atoms with Crippen LogP contribution in [0.15, 0.2) is 65.7 Å². The zero-order chi connectivity index (χ0) is 29.3. The highest BCUT2D eigenvalue weighted by atomic mass is 32.2. The summed E-state index contributed by atoms with van der Waals surface area (Å²) in [6.45, 7) is -0.410. The summed E-state index contributed by atoms with van der Waals surface area (Å²) in [7, 11) is -4.62. The zero-order valence-electron chi connectivity index (χ0n) is 20.3. The second kappa shape index (κ2) is 10.8. The van der Waals surface area contributed by atoms with Crippen molar-refractivity contribution in [1.82, 2.24) is 4.98 Å². The van der Waals surface area contributed by atoms with E-state index in [1.807, 2.05) is 0 Å². The first kappa shape index (κ1) is 28.9. The van der Waals surface area contributed by atoms with Gasteiger partial charge in [-0.2, -0.15) is 26.3 Å². The van der Waals surface area contributed by atoms with Crippen molar-refractivity contribution in [2.75, 3.05) is 10.8 Å². The van der Waals surface area contributed by atoms with E-state index in [4.69, 9.17) is 9.84 Å². The van der Waals surface area contributed by atoms with Crippen molar-refractivity contribution in [3.05, 3.63) is 83.2 Å². The highest BCUT2D eigenvalue weighted by Crippen LogP contribution is 2.40. The van der Waals surface area contributed by atoms with Gasteiger partial charge in [-0.3, -0.25) is 14.1 Å². The fourth-order valence-corrected chi connectivity index (χ4v) is 5.58. The van der Waals surface area contributed by atoms with E-state index in [2.05, 4.69) is 4.98 Å². The number of fused-ring (bicyclic) bond motifs is 1. The molecular weight excluding hydrogens is 566 g/mol. The molecule has 0 amide bonds. The molecule has 4 rings (SSSR count). The minimum atomic E-state index is -4.81. The maximum Gasteiger partial charge on any atom is 0.433 e. The van der Waals surface area contributed by atoms with Gasteiger partial charge in [0, 0.05) is 18.2 Å². The Morgan fingerprint density at radius 2 is 1.77 bits per heavy atom. The molecule has 212 valence electrons. The standard InChI is InChI=1S/C26H20F6N2O5S/c27-25(28,29)18-4-1-5-20(14-18)40(37,38)34-15-19(9-11-23(35)36)39-22-10-7-16(13-21(22)34)6-8-17-3-2-12-33-24(17)26(30,31)32/h1-8,10,12-14,19H,9,11,15H2,(H,35,36).